The highest BCUT2D eigenvalue weighted by Gasteiger charge is 1.97. The van der Waals surface area contributed by atoms with Gasteiger partial charge in [0, 0.05) is 17.3 Å². The van der Waals surface area contributed by atoms with Crippen molar-refractivity contribution in [3.8, 4) is 0 Å². The number of carbonyl (C=O) groups is 1. The van der Waals surface area contributed by atoms with Crippen molar-refractivity contribution in [1.29, 1.82) is 0 Å². The molecule has 0 saturated heterocycles. The Morgan fingerprint density at radius 2 is 2.33 bits per heavy atom. The van der Waals surface area contributed by atoms with Crippen LogP contribution >= 0.6 is 22.5 Å². The van der Waals surface area contributed by atoms with Crippen molar-refractivity contribution < 1.29 is 4.79 Å². The summed E-state index contributed by atoms with van der Waals surface area (Å²) in [6.07, 6.45) is 0. The van der Waals surface area contributed by atoms with Gasteiger partial charge in [-0.1, -0.05) is 13.8 Å². The van der Waals surface area contributed by atoms with E-state index >= 15 is 0 Å². The van der Waals surface area contributed by atoms with Crippen LogP contribution in [0.2, 0.25) is 0 Å². The third-order valence-electron chi connectivity index (χ3n) is 0.738. The highest BCUT2D eigenvalue weighted by Crippen LogP contribution is 2.04. The molecule has 0 saturated carbocycles. The van der Waals surface area contributed by atoms with Gasteiger partial charge >= 0.3 is 0 Å². The minimum absolute atomic E-state index is 0.0768. The van der Waals surface area contributed by atoms with E-state index in [0.717, 1.165) is 17.3 Å². The van der Waals surface area contributed by atoms with E-state index in [0.29, 0.717) is 5.92 Å². The first kappa shape index (κ1) is 9.17. The van der Waals surface area contributed by atoms with Crippen LogP contribution in [0.1, 0.15) is 13.8 Å². The van der Waals surface area contributed by atoms with E-state index in [1.807, 2.05) is 13.8 Å². The van der Waals surface area contributed by atoms with E-state index in [4.69, 9.17) is 0 Å². The van der Waals surface area contributed by atoms with Crippen LogP contribution in [0.4, 0.5) is 4.79 Å². The Labute approximate surface area is 64.6 Å². The molecule has 4 heteroatoms. The summed E-state index contributed by atoms with van der Waals surface area (Å²) in [6.45, 7) is 4.82. The van der Waals surface area contributed by atoms with Gasteiger partial charge in [0.2, 0.25) is 0 Å². The van der Waals surface area contributed by atoms with Gasteiger partial charge in [0.1, 0.15) is 0 Å². The fraction of sp³-hybridized carbons (Fsp3) is 0.800. The lowest BCUT2D eigenvalue weighted by atomic mass is 10.2. The van der Waals surface area contributed by atoms with E-state index in [1.54, 1.807) is 0 Å². The number of thiol groups is 1. The summed E-state index contributed by atoms with van der Waals surface area (Å²) < 4.78 is 0. The second kappa shape index (κ2) is 4.99. The van der Waals surface area contributed by atoms with Gasteiger partial charge in [-0.05, 0) is 5.92 Å². The van der Waals surface area contributed by atoms with Gasteiger partial charge in [-0.2, -0.15) is 0 Å². The predicted octanol–water partition coefficient (Wildman–Crippen LogP) is 1.93. The van der Waals surface area contributed by atoms with Gasteiger partial charge in [-0.3, -0.25) is 4.79 Å². The van der Waals surface area contributed by atoms with Gasteiger partial charge < -0.3 is 5.32 Å². The molecule has 54 valence electrons. The summed E-state index contributed by atoms with van der Waals surface area (Å²) in [5.41, 5.74) is 0. The smallest absolute Gasteiger partial charge is 0.289 e. The van der Waals surface area contributed by atoms with E-state index < -0.39 is 0 Å². The third-order valence-corrected chi connectivity index (χ3v) is 1.55. The predicted molar refractivity (Wildman–Crippen MR) is 44.8 cm³/mol. The van der Waals surface area contributed by atoms with Gasteiger partial charge in [-0.25, -0.2) is 0 Å². The molecule has 1 amide bonds. The lowest BCUT2D eigenvalue weighted by Gasteiger charge is -2.03. The van der Waals surface area contributed by atoms with E-state index in [2.05, 4.69) is 17.0 Å². The molecular weight excluding hydrogens is 154 g/mol. The second-order valence-electron chi connectivity index (χ2n) is 2.15. The van der Waals surface area contributed by atoms with Crippen molar-refractivity contribution in [2.24, 2.45) is 5.92 Å². The van der Waals surface area contributed by atoms with Crippen LogP contribution < -0.4 is 5.32 Å². The lowest BCUT2D eigenvalue weighted by Crippen LogP contribution is -2.22. The molecule has 0 aromatic heterocycles. The maximum atomic E-state index is 10.5. The van der Waals surface area contributed by atoms with Crippen LogP contribution in [0.3, 0.4) is 0 Å². The first-order chi connectivity index (χ1) is 4.16. The molecule has 0 bridgehead atoms. The van der Waals surface area contributed by atoms with Gasteiger partial charge in [0.15, 0.2) is 0 Å². The SMILES string of the molecule is CC(C)CNC(=O)SS. The Hall–Kier alpha value is 0.170. The number of carbonyl (C=O) groups excluding carboxylic acids is 1. The van der Waals surface area contributed by atoms with E-state index in [9.17, 15) is 4.79 Å². The fourth-order valence-corrected chi connectivity index (χ4v) is 0.661. The summed E-state index contributed by atoms with van der Waals surface area (Å²) in [5.74, 6) is 0.509. The standard InChI is InChI=1S/C5H11NOS2/c1-4(2)3-6-5(7)9-8/h4,8H,3H2,1-2H3,(H,6,7). The van der Waals surface area contributed by atoms with Gasteiger partial charge in [0.25, 0.3) is 5.24 Å². The fourth-order valence-electron chi connectivity index (χ4n) is 0.320. The topological polar surface area (TPSA) is 29.1 Å². The molecule has 0 rings (SSSR count). The number of hydrogen-bond donors (Lipinski definition) is 2. The average molecular weight is 165 g/mol. The first-order valence-corrected chi connectivity index (χ1v) is 4.63. The second-order valence-corrected chi connectivity index (χ2v) is 3.25. The van der Waals surface area contributed by atoms with Crippen LogP contribution in [-0.4, -0.2) is 11.8 Å². The molecule has 0 aliphatic rings. The highest BCUT2D eigenvalue weighted by molar-refractivity contribution is 8.74. The number of nitrogens with one attached hydrogen (secondary N) is 1. The van der Waals surface area contributed by atoms with Crippen molar-refractivity contribution >= 4 is 27.7 Å². The highest BCUT2D eigenvalue weighted by atomic mass is 33.1. The van der Waals surface area contributed by atoms with E-state index in [-0.39, 0.29) is 5.24 Å². The molecule has 0 spiro atoms. The zero-order valence-electron chi connectivity index (χ0n) is 5.55. The number of rotatable bonds is 2. The Bertz CT molecular complexity index is 95.0. The van der Waals surface area contributed by atoms with Crippen molar-refractivity contribution in [1.82, 2.24) is 5.32 Å². The van der Waals surface area contributed by atoms with Crippen molar-refractivity contribution in [2.75, 3.05) is 6.54 Å². The Morgan fingerprint density at radius 1 is 1.78 bits per heavy atom. The molecule has 0 unspecified atom stereocenters. The number of amides is 1. The van der Waals surface area contributed by atoms with Crippen LogP contribution in [0, 0.1) is 5.92 Å². The molecule has 0 aromatic carbocycles. The molecule has 9 heavy (non-hydrogen) atoms. The molecule has 0 fully saturated rings. The van der Waals surface area contributed by atoms with Gasteiger partial charge in [0.05, 0.1) is 0 Å². The summed E-state index contributed by atoms with van der Waals surface area (Å²) in [4.78, 5) is 10.5. The first-order valence-electron chi connectivity index (χ1n) is 2.76. The third kappa shape index (κ3) is 6.05. The van der Waals surface area contributed by atoms with E-state index in [1.165, 1.54) is 0 Å². The molecule has 2 nitrogen and oxygen atoms in total. The molecule has 0 radical (unpaired) electrons. The molecule has 0 aliphatic carbocycles. The van der Waals surface area contributed by atoms with Crippen molar-refractivity contribution in [3.63, 3.8) is 0 Å². The molecule has 0 atom stereocenters. The Morgan fingerprint density at radius 3 is 2.67 bits per heavy atom. The zero-order valence-corrected chi connectivity index (χ0v) is 7.26. The maximum Gasteiger partial charge on any atom is 0.289 e. The lowest BCUT2D eigenvalue weighted by molar-refractivity contribution is 0.260. The normalized spacial score (nSPS) is 9.78. The largest absolute Gasteiger partial charge is 0.346 e. The minimum atomic E-state index is -0.0768. The van der Waals surface area contributed by atoms with Crippen molar-refractivity contribution in [3.05, 3.63) is 0 Å². The van der Waals surface area contributed by atoms with Crippen LogP contribution in [0.5, 0.6) is 0 Å². The molecule has 1 N–H and O–H groups in total. The number of hydrogen-bond acceptors (Lipinski definition) is 3. The zero-order chi connectivity index (χ0) is 7.28. The molecule has 0 aromatic rings. The quantitative estimate of drug-likeness (QED) is 0.483. The summed E-state index contributed by atoms with van der Waals surface area (Å²) in [5, 5.41) is 2.60. The summed E-state index contributed by atoms with van der Waals surface area (Å²) in [7, 11) is 0.911. The Balaban J connectivity index is 3.17. The molecular formula is C5H11NOS2. The summed E-state index contributed by atoms with van der Waals surface area (Å²) >= 11 is 3.72. The monoisotopic (exact) mass is 165 g/mol. The summed E-state index contributed by atoms with van der Waals surface area (Å²) in [6, 6.07) is 0. The molecule has 0 aliphatic heterocycles. The maximum absolute atomic E-state index is 10.5. The van der Waals surface area contributed by atoms with Gasteiger partial charge in [-0.15, -0.1) is 11.7 Å². The minimum Gasteiger partial charge on any atom is -0.346 e. The molecule has 0 heterocycles. The Kier molecular flexibility index (Phi) is 5.09. The van der Waals surface area contributed by atoms with Crippen LogP contribution in [-0.2, 0) is 0 Å². The van der Waals surface area contributed by atoms with Crippen molar-refractivity contribution in [2.45, 2.75) is 13.8 Å². The van der Waals surface area contributed by atoms with Crippen LogP contribution in [0.15, 0.2) is 0 Å². The average Bonchev–Trinajstić information content (AvgIpc) is 1.83. The van der Waals surface area contributed by atoms with Crippen LogP contribution in [0.25, 0.3) is 0 Å².